The van der Waals surface area contributed by atoms with Crippen LogP contribution in [0.25, 0.3) is 0 Å². The highest BCUT2D eigenvalue weighted by molar-refractivity contribution is 6.31. The van der Waals surface area contributed by atoms with Crippen LogP contribution in [0.5, 0.6) is 11.5 Å². The predicted octanol–water partition coefficient (Wildman–Crippen LogP) is 4.60. The van der Waals surface area contributed by atoms with Crippen molar-refractivity contribution < 1.29 is 14.6 Å². The minimum Gasteiger partial charge on any atom is -0.490 e. The lowest BCUT2D eigenvalue weighted by molar-refractivity contribution is 0.236. The van der Waals surface area contributed by atoms with Crippen LogP contribution in [-0.4, -0.2) is 24.4 Å². The molecule has 2 aromatic rings. The lowest BCUT2D eigenvalue weighted by Gasteiger charge is -2.19. The number of aliphatic hydroxyl groups excluding tert-OH is 1. The number of benzene rings is 2. The maximum atomic E-state index is 9.36. The van der Waals surface area contributed by atoms with Gasteiger partial charge in [-0.25, -0.2) is 0 Å². The van der Waals surface area contributed by atoms with E-state index < -0.39 is 0 Å². The van der Waals surface area contributed by atoms with Gasteiger partial charge in [0.05, 0.1) is 13.2 Å². The van der Waals surface area contributed by atoms with Crippen molar-refractivity contribution in [1.29, 1.82) is 0 Å². The molecular formula is C20H27Cl2NO3. The van der Waals surface area contributed by atoms with Crippen LogP contribution in [0.2, 0.25) is 5.02 Å². The Balaban J connectivity index is 0.00000338. The Labute approximate surface area is 166 Å². The number of nitrogens with one attached hydrogen (secondary N) is 1. The molecule has 0 aliphatic rings. The van der Waals surface area contributed by atoms with Crippen molar-refractivity contribution in [3.63, 3.8) is 0 Å². The van der Waals surface area contributed by atoms with Crippen LogP contribution in [0.3, 0.4) is 0 Å². The van der Waals surface area contributed by atoms with E-state index in [0.717, 1.165) is 17.5 Å². The van der Waals surface area contributed by atoms with E-state index in [2.05, 4.69) is 5.32 Å². The molecular weight excluding hydrogens is 373 g/mol. The van der Waals surface area contributed by atoms with Gasteiger partial charge in [0.2, 0.25) is 0 Å². The first-order valence-corrected chi connectivity index (χ1v) is 9.02. The first-order valence-electron chi connectivity index (χ1n) is 8.64. The van der Waals surface area contributed by atoms with Gasteiger partial charge in [-0.3, -0.25) is 0 Å². The molecule has 1 atom stereocenters. The molecule has 144 valence electrons. The number of para-hydroxylation sites is 1. The van der Waals surface area contributed by atoms with Crippen molar-refractivity contribution in [2.45, 2.75) is 39.5 Å². The number of ether oxygens (including phenoxy) is 2. The molecule has 1 unspecified atom stereocenters. The quantitative estimate of drug-likeness (QED) is 0.612. The SMILES string of the molecule is CCOc1cccc(CNC(CC)CO)c1OCc1ccccc1Cl.Cl. The van der Waals surface area contributed by atoms with E-state index in [9.17, 15) is 5.11 Å². The third-order valence-electron chi connectivity index (χ3n) is 3.98. The van der Waals surface area contributed by atoms with E-state index in [0.29, 0.717) is 36.3 Å². The maximum Gasteiger partial charge on any atom is 0.166 e. The summed E-state index contributed by atoms with van der Waals surface area (Å²) in [5, 5.41) is 13.4. The first-order chi connectivity index (χ1) is 12.2. The first kappa shape index (κ1) is 22.6. The average molecular weight is 400 g/mol. The summed E-state index contributed by atoms with van der Waals surface area (Å²) in [5.74, 6) is 1.43. The second-order valence-electron chi connectivity index (χ2n) is 5.73. The van der Waals surface area contributed by atoms with Crippen LogP contribution in [0.15, 0.2) is 42.5 Å². The van der Waals surface area contributed by atoms with Crippen LogP contribution in [-0.2, 0) is 13.2 Å². The molecule has 0 radical (unpaired) electrons. The molecule has 26 heavy (non-hydrogen) atoms. The predicted molar refractivity (Wildman–Crippen MR) is 109 cm³/mol. The van der Waals surface area contributed by atoms with Crippen molar-refractivity contribution in [3.8, 4) is 11.5 Å². The van der Waals surface area contributed by atoms with Crippen molar-refractivity contribution in [2.24, 2.45) is 0 Å². The second-order valence-corrected chi connectivity index (χ2v) is 6.13. The average Bonchev–Trinajstić information content (AvgIpc) is 2.63. The Morgan fingerprint density at radius 3 is 2.42 bits per heavy atom. The van der Waals surface area contributed by atoms with E-state index >= 15 is 0 Å². The zero-order valence-electron chi connectivity index (χ0n) is 15.2. The highest BCUT2D eigenvalue weighted by atomic mass is 35.5. The summed E-state index contributed by atoms with van der Waals surface area (Å²) >= 11 is 6.22. The van der Waals surface area contributed by atoms with Crippen molar-refractivity contribution in [1.82, 2.24) is 5.32 Å². The number of aliphatic hydroxyl groups is 1. The minimum absolute atomic E-state index is 0. The highest BCUT2D eigenvalue weighted by Crippen LogP contribution is 2.33. The molecule has 6 heteroatoms. The van der Waals surface area contributed by atoms with Gasteiger partial charge in [0, 0.05) is 28.7 Å². The van der Waals surface area contributed by atoms with Gasteiger partial charge >= 0.3 is 0 Å². The minimum atomic E-state index is 0. The molecule has 0 saturated carbocycles. The molecule has 0 amide bonds. The van der Waals surface area contributed by atoms with Crippen molar-refractivity contribution in [2.75, 3.05) is 13.2 Å². The fraction of sp³-hybridized carbons (Fsp3) is 0.400. The normalized spacial score (nSPS) is 11.5. The molecule has 2 rings (SSSR count). The third kappa shape index (κ3) is 6.36. The monoisotopic (exact) mass is 399 g/mol. The van der Waals surface area contributed by atoms with Crippen LogP contribution in [0, 0.1) is 0 Å². The molecule has 0 aliphatic heterocycles. The molecule has 0 saturated heterocycles. The van der Waals surface area contributed by atoms with Crippen molar-refractivity contribution >= 4 is 24.0 Å². The zero-order chi connectivity index (χ0) is 18.1. The summed E-state index contributed by atoms with van der Waals surface area (Å²) in [4.78, 5) is 0. The van der Waals surface area contributed by atoms with E-state index in [1.807, 2.05) is 56.3 Å². The number of hydrogen-bond acceptors (Lipinski definition) is 4. The van der Waals surface area contributed by atoms with E-state index in [1.54, 1.807) is 0 Å². The molecule has 0 aromatic heterocycles. The molecule has 2 N–H and O–H groups in total. The summed E-state index contributed by atoms with van der Waals surface area (Å²) in [6.07, 6.45) is 0.859. The van der Waals surface area contributed by atoms with Gasteiger partial charge < -0.3 is 19.9 Å². The van der Waals surface area contributed by atoms with Crippen LogP contribution in [0.1, 0.15) is 31.4 Å². The van der Waals surface area contributed by atoms with E-state index in [-0.39, 0.29) is 25.1 Å². The lowest BCUT2D eigenvalue weighted by Crippen LogP contribution is -2.31. The van der Waals surface area contributed by atoms with Gasteiger partial charge in [-0.2, -0.15) is 0 Å². The molecule has 4 nitrogen and oxygen atoms in total. The van der Waals surface area contributed by atoms with E-state index in [4.69, 9.17) is 21.1 Å². The van der Waals surface area contributed by atoms with Gasteiger partial charge in [0.15, 0.2) is 11.5 Å². The van der Waals surface area contributed by atoms with Crippen LogP contribution < -0.4 is 14.8 Å². The zero-order valence-corrected chi connectivity index (χ0v) is 16.8. The van der Waals surface area contributed by atoms with Crippen LogP contribution in [0.4, 0.5) is 0 Å². The fourth-order valence-corrected chi connectivity index (χ4v) is 2.68. The van der Waals surface area contributed by atoms with Gasteiger partial charge in [-0.1, -0.05) is 48.9 Å². The van der Waals surface area contributed by atoms with Gasteiger partial charge in [0.1, 0.15) is 6.61 Å². The second kappa shape index (κ2) is 12.0. The van der Waals surface area contributed by atoms with E-state index in [1.165, 1.54) is 0 Å². The van der Waals surface area contributed by atoms with Crippen LogP contribution >= 0.6 is 24.0 Å². The van der Waals surface area contributed by atoms with Gasteiger partial charge in [-0.05, 0) is 25.5 Å². The maximum absolute atomic E-state index is 9.36. The molecule has 0 spiro atoms. The topological polar surface area (TPSA) is 50.7 Å². The van der Waals surface area contributed by atoms with Gasteiger partial charge in [0.25, 0.3) is 0 Å². The Bertz CT molecular complexity index is 663. The highest BCUT2D eigenvalue weighted by Gasteiger charge is 2.13. The number of halogens is 2. The molecule has 2 aromatic carbocycles. The lowest BCUT2D eigenvalue weighted by atomic mass is 10.1. The van der Waals surface area contributed by atoms with Gasteiger partial charge in [-0.15, -0.1) is 12.4 Å². The Hall–Kier alpha value is -1.46. The summed E-state index contributed by atoms with van der Waals surface area (Å²) in [7, 11) is 0. The summed E-state index contributed by atoms with van der Waals surface area (Å²) in [5.41, 5.74) is 1.92. The standard InChI is InChI=1S/C20H26ClNO3.ClH/c1-3-17(13-23)22-12-15-9-7-11-19(24-4-2)20(15)25-14-16-8-5-6-10-18(16)21;/h5-11,17,22-23H,3-4,12-14H2,1-2H3;1H. The molecule has 0 fully saturated rings. The Kier molecular flexibility index (Phi) is 10.4. The molecule has 0 heterocycles. The number of hydrogen-bond donors (Lipinski definition) is 2. The largest absolute Gasteiger partial charge is 0.490 e. The molecule has 0 aliphatic carbocycles. The van der Waals surface area contributed by atoms with Crippen molar-refractivity contribution in [3.05, 3.63) is 58.6 Å². The summed E-state index contributed by atoms with van der Waals surface area (Å²) in [6.45, 7) is 5.62. The Morgan fingerprint density at radius 1 is 1.04 bits per heavy atom. The third-order valence-corrected chi connectivity index (χ3v) is 4.35. The smallest absolute Gasteiger partial charge is 0.166 e. The Morgan fingerprint density at radius 2 is 1.77 bits per heavy atom. The number of rotatable bonds is 10. The summed E-state index contributed by atoms with van der Waals surface area (Å²) < 4.78 is 11.8. The summed E-state index contributed by atoms with van der Waals surface area (Å²) in [6, 6.07) is 13.5. The molecule has 0 bridgehead atoms. The fourth-order valence-electron chi connectivity index (χ4n) is 2.49.